The number of hydrogen-bond donors (Lipinski definition) is 1. The van der Waals surface area contributed by atoms with Gasteiger partial charge in [-0.3, -0.25) is 9.79 Å². The third-order valence-corrected chi connectivity index (χ3v) is 6.38. The number of nitrogens with one attached hydrogen (secondary N) is 1. The standard InChI is InChI=1S/C26H25F3N6O/c1-14(17-6-5-7-20(22(17)27)26(3,28)29)31-23-19-12-18(16-8-9-21(36)34(4)13-16)24-30-10-11-35(24)25(19)33-15(2)32-23/h5-9,12-14,30H,10-11H2,1-4H3/t14-/m1/s1. The second kappa shape index (κ2) is 8.61. The van der Waals surface area contributed by atoms with Crippen molar-refractivity contribution in [2.24, 2.45) is 12.0 Å². The number of pyridine rings is 2. The Morgan fingerprint density at radius 2 is 1.94 bits per heavy atom. The second-order valence-corrected chi connectivity index (χ2v) is 9.09. The summed E-state index contributed by atoms with van der Waals surface area (Å²) in [4.78, 5) is 25.8. The molecule has 0 amide bonds. The SMILES string of the molecule is Cc1nc2n3c(c(-c4ccc(=O)n(C)c4)cc-2c(=N[C@H](C)c2cccc(C(C)(F)F)c2F)n1)NCC3. The summed E-state index contributed by atoms with van der Waals surface area (Å²) in [6, 6.07) is 8.34. The molecule has 0 unspecified atom stereocenters. The maximum atomic E-state index is 15.0. The summed E-state index contributed by atoms with van der Waals surface area (Å²) >= 11 is 0. The average Bonchev–Trinajstić information content (AvgIpc) is 3.30. The molecule has 0 aliphatic carbocycles. The van der Waals surface area contributed by atoms with E-state index >= 15 is 4.39 Å². The third kappa shape index (κ3) is 4.06. The van der Waals surface area contributed by atoms with Crippen LogP contribution in [0.1, 0.15) is 36.8 Å². The molecule has 1 N–H and O–H groups in total. The first-order valence-corrected chi connectivity index (χ1v) is 11.6. The van der Waals surface area contributed by atoms with Gasteiger partial charge in [-0.2, -0.15) is 0 Å². The predicted octanol–water partition coefficient (Wildman–Crippen LogP) is 4.40. The third-order valence-electron chi connectivity index (χ3n) is 6.38. The molecular formula is C26H25F3N6O. The zero-order chi connectivity index (χ0) is 25.8. The van der Waals surface area contributed by atoms with E-state index in [2.05, 4.69) is 20.3 Å². The lowest BCUT2D eigenvalue weighted by Crippen LogP contribution is -2.21. The molecule has 0 bridgehead atoms. The maximum Gasteiger partial charge on any atom is 0.273 e. The van der Waals surface area contributed by atoms with Crippen LogP contribution >= 0.6 is 0 Å². The van der Waals surface area contributed by atoms with Gasteiger partial charge in [-0.1, -0.05) is 18.2 Å². The summed E-state index contributed by atoms with van der Waals surface area (Å²) in [5.74, 6) is -2.27. The van der Waals surface area contributed by atoms with E-state index in [1.807, 2.05) is 10.6 Å². The van der Waals surface area contributed by atoms with Crippen LogP contribution in [0.4, 0.5) is 19.0 Å². The number of rotatable bonds is 4. The van der Waals surface area contributed by atoms with Crippen molar-refractivity contribution in [2.75, 3.05) is 11.9 Å². The molecule has 1 atom stereocenters. The summed E-state index contributed by atoms with van der Waals surface area (Å²) < 4.78 is 46.4. The minimum atomic E-state index is -3.31. The Labute approximate surface area is 205 Å². The highest BCUT2D eigenvalue weighted by Crippen LogP contribution is 2.36. The van der Waals surface area contributed by atoms with Crippen molar-refractivity contribution in [3.8, 4) is 22.5 Å². The van der Waals surface area contributed by atoms with Crippen molar-refractivity contribution in [1.82, 2.24) is 19.1 Å². The van der Waals surface area contributed by atoms with Crippen LogP contribution < -0.4 is 16.4 Å². The number of nitrogens with zero attached hydrogens (tertiary/aromatic N) is 5. The fourth-order valence-corrected chi connectivity index (χ4v) is 4.58. The molecule has 0 spiro atoms. The monoisotopic (exact) mass is 494 g/mol. The smallest absolute Gasteiger partial charge is 0.273 e. The van der Waals surface area contributed by atoms with Crippen molar-refractivity contribution in [3.63, 3.8) is 0 Å². The Morgan fingerprint density at radius 3 is 2.67 bits per heavy atom. The van der Waals surface area contributed by atoms with Gasteiger partial charge in [-0.25, -0.2) is 23.1 Å². The zero-order valence-corrected chi connectivity index (χ0v) is 20.3. The molecule has 3 aliphatic heterocycles. The van der Waals surface area contributed by atoms with Crippen LogP contribution in [-0.4, -0.2) is 25.6 Å². The Morgan fingerprint density at radius 1 is 1.17 bits per heavy atom. The largest absolute Gasteiger partial charge is 0.369 e. The van der Waals surface area contributed by atoms with Crippen molar-refractivity contribution >= 4 is 5.82 Å². The molecule has 2 aromatic rings. The number of halogens is 3. The molecule has 5 rings (SSSR count). The van der Waals surface area contributed by atoms with Gasteiger partial charge in [0.1, 0.15) is 23.3 Å². The van der Waals surface area contributed by atoms with E-state index < -0.39 is 23.3 Å². The number of alkyl halides is 2. The molecule has 1 aromatic heterocycles. The molecule has 7 nitrogen and oxygen atoms in total. The Kier molecular flexibility index (Phi) is 5.69. The van der Waals surface area contributed by atoms with E-state index in [9.17, 15) is 13.6 Å². The van der Waals surface area contributed by atoms with Crippen LogP contribution in [0.2, 0.25) is 0 Å². The topological polar surface area (TPSA) is 77.1 Å². The molecule has 3 aliphatic rings. The molecule has 36 heavy (non-hydrogen) atoms. The first kappa shape index (κ1) is 23.8. The number of aryl methyl sites for hydroxylation is 2. The number of hydrogen-bond acceptors (Lipinski definition) is 5. The summed E-state index contributed by atoms with van der Waals surface area (Å²) in [7, 11) is 1.69. The molecule has 0 fully saturated rings. The van der Waals surface area contributed by atoms with Crippen LogP contribution in [0.15, 0.2) is 52.4 Å². The fourth-order valence-electron chi connectivity index (χ4n) is 4.58. The molecule has 0 radical (unpaired) electrons. The summed E-state index contributed by atoms with van der Waals surface area (Å²) in [5, 5.41) is 3.39. The lowest BCUT2D eigenvalue weighted by Gasteiger charge is -2.19. The minimum absolute atomic E-state index is 0.0622. The lowest BCUT2D eigenvalue weighted by atomic mass is 10.0. The Balaban J connectivity index is 1.73. The molecule has 0 saturated carbocycles. The first-order valence-electron chi connectivity index (χ1n) is 11.6. The zero-order valence-electron chi connectivity index (χ0n) is 20.3. The van der Waals surface area contributed by atoms with E-state index in [4.69, 9.17) is 0 Å². The summed E-state index contributed by atoms with van der Waals surface area (Å²) in [6.07, 6.45) is 1.75. The van der Waals surface area contributed by atoms with E-state index in [-0.39, 0.29) is 11.1 Å². The normalized spacial score (nSPS) is 14.7. The van der Waals surface area contributed by atoms with Gasteiger partial charge in [-0.15, -0.1) is 0 Å². The second-order valence-electron chi connectivity index (χ2n) is 9.09. The number of benzene rings is 1. The fraction of sp³-hybridized carbons (Fsp3) is 0.308. The van der Waals surface area contributed by atoms with Crippen molar-refractivity contribution in [2.45, 2.75) is 39.3 Å². The molecule has 4 heterocycles. The predicted molar refractivity (Wildman–Crippen MR) is 130 cm³/mol. The van der Waals surface area contributed by atoms with Gasteiger partial charge in [0.15, 0.2) is 5.49 Å². The molecule has 10 heteroatoms. The van der Waals surface area contributed by atoms with Crippen LogP contribution in [-0.2, 0) is 19.5 Å². The Hall–Kier alpha value is -3.95. The highest BCUT2D eigenvalue weighted by atomic mass is 19.3. The van der Waals surface area contributed by atoms with Gasteiger partial charge in [0.05, 0.1) is 17.2 Å². The number of aromatic nitrogens is 4. The minimum Gasteiger partial charge on any atom is -0.369 e. The van der Waals surface area contributed by atoms with Crippen LogP contribution in [0.25, 0.3) is 22.5 Å². The van der Waals surface area contributed by atoms with Crippen LogP contribution in [0.5, 0.6) is 0 Å². The highest BCUT2D eigenvalue weighted by Gasteiger charge is 2.30. The number of anilines is 1. The summed E-state index contributed by atoms with van der Waals surface area (Å²) in [6.45, 7) is 5.44. The molecule has 0 saturated heterocycles. The van der Waals surface area contributed by atoms with Gasteiger partial charge in [0.2, 0.25) is 5.56 Å². The van der Waals surface area contributed by atoms with E-state index in [1.165, 1.54) is 22.8 Å². The molecule has 186 valence electrons. The average molecular weight is 495 g/mol. The lowest BCUT2D eigenvalue weighted by molar-refractivity contribution is 0.0135. The van der Waals surface area contributed by atoms with Gasteiger partial charge in [0, 0.05) is 56.0 Å². The van der Waals surface area contributed by atoms with Crippen molar-refractivity contribution < 1.29 is 13.2 Å². The van der Waals surface area contributed by atoms with Gasteiger partial charge < -0.3 is 14.5 Å². The highest BCUT2D eigenvalue weighted by molar-refractivity contribution is 5.81. The summed E-state index contributed by atoms with van der Waals surface area (Å²) in [5.41, 5.74) is 1.91. The first-order chi connectivity index (χ1) is 17.0. The number of fused-ring (bicyclic) bond motifs is 3. The van der Waals surface area contributed by atoms with Crippen molar-refractivity contribution in [1.29, 1.82) is 0 Å². The Bertz CT molecular complexity index is 1580. The van der Waals surface area contributed by atoms with E-state index in [0.717, 1.165) is 23.0 Å². The molecular weight excluding hydrogens is 469 g/mol. The van der Waals surface area contributed by atoms with Gasteiger partial charge >= 0.3 is 0 Å². The maximum absolute atomic E-state index is 15.0. The van der Waals surface area contributed by atoms with Crippen LogP contribution in [0, 0.1) is 12.7 Å². The van der Waals surface area contributed by atoms with E-state index in [0.29, 0.717) is 42.7 Å². The van der Waals surface area contributed by atoms with Crippen molar-refractivity contribution in [3.05, 3.63) is 81.2 Å². The molecule has 1 aromatic carbocycles. The van der Waals surface area contributed by atoms with Gasteiger partial charge in [0.25, 0.3) is 5.92 Å². The van der Waals surface area contributed by atoms with Crippen LogP contribution in [0.3, 0.4) is 0 Å². The van der Waals surface area contributed by atoms with E-state index in [1.54, 1.807) is 33.2 Å². The quantitative estimate of drug-likeness (QED) is 0.457. The van der Waals surface area contributed by atoms with Gasteiger partial charge in [-0.05, 0) is 26.0 Å².